The second-order valence-electron chi connectivity index (χ2n) is 5.72. The Labute approximate surface area is 167 Å². The number of para-hydroxylation sites is 1. The molecule has 0 radical (unpaired) electrons. The van der Waals surface area contributed by atoms with E-state index in [2.05, 4.69) is 10.6 Å². The van der Waals surface area contributed by atoms with Gasteiger partial charge in [0.25, 0.3) is 5.91 Å². The summed E-state index contributed by atoms with van der Waals surface area (Å²) in [6, 6.07) is 14.2. The Morgan fingerprint density at radius 3 is 2.25 bits per heavy atom. The molecule has 0 aliphatic rings. The fraction of sp³-hybridized carbons (Fsp3) is 0.250. The van der Waals surface area contributed by atoms with Gasteiger partial charge in [-0.25, -0.2) is 0 Å². The second kappa shape index (κ2) is 11.0. The zero-order valence-electron chi connectivity index (χ0n) is 15.7. The van der Waals surface area contributed by atoms with Crippen molar-refractivity contribution in [3.63, 3.8) is 0 Å². The number of amides is 2. The molecule has 2 amide bonds. The number of rotatable bonds is 9. The lowest BCUT2D eigenvalue weighted by Gasteiger charge is -2.09. The van der Waals surface area contributed by atoms with E-state index in [4.69, 9.17) is 9.47 Å². The van der Waals surface area contributed by atoms with E-state index in [1.54, 1.807) is 31.4 Å². The standard InChI is InChI=1S/C20H22N2O5S/c1-14(23)21-15-7-9-16(10-8-15)22-19(24)13-27-20(25)11-12-28-18-6-4-3-5-17(18)26-2/h3-10H,11-13H2,1-2H3,(H,21,23)(H,22,24). The van der Waals surface area contributed by atoms with Gasteiger partial charge in [0.15, 0.2) is 6.61 Å². The van der Waals surface area contributed by atoms with Crippen molar-refractivity contribution in [3.8, 4) is 5.75 Å². The van der Waals surface area contributed by atoms with Crippen molar-refractivity contribution >= 4 is 40.9 Å². The summed E-state index contributed by atoms with van der Waals surface area (Å²) in [6.45, 7) is 1.06. The van der Waals surface area contributed by atoms with Crippen LogP contribution in [0, 0.1) is 0 Å². The van der Waals surface area contributed by atoms with Crippen LogP contribution in [0.25, 0.3) is 0 Å². The van der Waals surface area contributed by atoms with Crippen LogP contribution in [0.15, 0.2) is 53.4 Å². The molecule has 0 bridgehead atoms. The van der Waals surface area contributed by atoms with E-state index >= 15 is 0 Å². The van der Waals surface area contributed by atoms with Crippen molar-refractivity contribution in [1.82, 2.24) is 0 Å². The molecule has 0 unspecified atom stereocenters. The highest BCUT2D eigenvalue weighted by Crippen LogP contribution is 2.29. The molecule has 0 spiro atoms. The van der Waals surface area contributed by atoms with Crippen LogP contribution in [0.1, 0.15) is 13.3 Å². The molecule has 0 aromatic heterocycles. The number of ether oxygens (including phenoxy) is 2. The number of carbonyl (C=O) groups excluding carboxylic acids is 3. The van der Waals surface area contributed by atoms with E-state index < -0.39 is 11.9 Å². The number of hydrogen-bond donors (Lipinski definition) is 2. The first-order chi connectivity index (χ1) is 13.5. The van der Waals surface area contributed by atoms with Gasteiger partial charge in [-0.1, -0.05) is 12.1 Å². The van der Waals surface area contributed by atoms with Gasteiger partial charge in [-0.15, -0.1) is 11.8 Å². The van der Waals surface area contributed by atoms with E-state index in [-0.39, 0.29) is 18.9 Å². The number of hydrogen-bond acceptors (Lipinski definition) is 6. The quantitative estimate of drug-likeness (QED) is 0.494. The molecule has 7 nitrogen and oxygen atoms in total. The van der Waals surface area contributed by atoms with Crippen molar-refractivity contribution in [2.24, 2.45) is 0 Å². The predicted octanol–water partition coefficient (Wildman–Crippen LogP) is 3.32. The Morgan fingerprint density at radius 1 is 0.964 bits per heavy atom. The zero-order chi connectivity index (χ0) is 20.4. The van der Waals surface area contributed by atoms with Gasteiger partial charge in [-0.05, 0) is 36.4 Å². The molecule has 0 saturated carbocycles. The van der Waals surface area contributed by atoms with Gasteiger partial charge >= 0.3 is 5.97 Å². The van der Waals surface area contributed by atoms with E-state index in [1.165, 1.54) is 18.7 Å². The maximum Gasteiger partial charge on any atom is 0.307 e. The van der Waals surface area contributed by atoms with Gasteiger partial charge < -0.3 is 20.1 Å². The molecule has 0 fully saturated rings. The topological polar surface area (TPSA) is 93.7 Å². The van der Waals surface area contributed by atoms with Crippen LogP contribution in [0.4, 0.5) is 11.4 Å². The van der Waals surface area contributed by atoms with Gasteiger partial charge in [-0.3, -0.25) is 14.4 Å². The summed E-state index contributed by atoms with van der Waals surface area (Å²) in [6.07, 6.45) is 0.182. The third-order valence-electron chi connectivity index (χ3n) is 3.49. The molecule has 2 rings (SSSR count). The lowest BCUT2D eigenvalue weighted by molar-refractivity contribution is -0.146. The molecule has 2 aromatic rings. The number of nitrogens with one attached hydrogen (secondary N) is 2. The summed E-state index contributed by atoms with van der Waals surface area (Å²) < 4.78 is 10.2. The van der Waals surface area contributed by atoms with Crippen LogP contribution in [0.5, 0.6) is 5.75 Å². The summed E-state index contributed by atoms with van der Waals surface area (Å²) in [7, 11) is 1.60. The smallest absolute Gasteiger partial charge is 0.307 e. The summed E-state index contributed by atoms with van der Waals surface area (Å²) in [5.74, 6) is 0.222. The molecular weight excluding hydrogens is 380 g/mol. The van der Waals surface area contributed by atoms with Gasteiger partial charge in [0.2, 0.25) is 5.91 Å². The van der Waals surface area contributed by atoms with Crippen LogP contribution < -0.4 is 15.4 Å². The molecule has 28 heavy (non-hydrogen) atoms. The van der Waals surface area contributed by atoms with Crippen LogP contribution in [0.2, 0.25) is 0 Å². The maximum absolute atomic E-state index is 11.9. The number of carbonyl (C=O) groups is 3. The molecule has 0 saturated heterocycles. The highest BCUT2D eigenvalue weighted by atomic mass is 32.2. The Balaban J connectivity index is 1.69. The van der Waals surface area contributed by atoms with E-state index in [1.807, 2.05) is 24.3 Å². The molecule has 0 atom stereocenters. The van der Waals surface area contributed by atoms with Crippen LogP contribution in [0.3, 0.4) is 0 Å². The molecule has 148 valence electrons. The summed E-state index contributed by atoms with van der Waals surface area (Å²) in [4.78, 5) is 35.6. The molecule has 8 heteroatoms. The summed E-state index contributed by atoms with van der Waals surface area (Å²) >= 11 is 1.49. The number of methoxy groups -OCH3 is 1. The van der Waals surface area contributed by atoms with Gasteiger partial charge in [0.05, 0.1) is 13.5 Å². The van der Waals surface area contributed by atoms with Crippen molar-refractivity contribution in [1.29, 1.82) is 0 Å². The predicted molar refractivity (Wildman–Crippen MR) is 109 cm³/mol. The molecule has 0 aliphatic carbocycles. The molecule has 0 aliphatic heterocycles. The van der Waals surface area contributed by atoms with Gasteiger partial charge in [0.1, 0.15) is 5.75 Å². The van der Waals surface area contributed by atoms with Gasteiger partial charge in [0, 0.05) is 28.9 Å². The molecule has 2 N–H and O–H groups in total. The minimum Gasteiger partial charge on any atom is -0.496 e. The Hall–Kier alpha value is -3.00. The highest BCUT2D eigenvalue weighted by molar-refractivity contribution is 7.99. The maximum atomic E-state index is 11.9. The highest BCUT2D eigenvalue weighted by Gasteiger charge is 2.09. The minimum atomic E-state index is -0.446. The first kappa shape index (κ1) is 21.3. The van der Waals surface area contributed by atoms with Crippen LogP contribution in [-0.4, -0.2) is 37.3 Å². The lowest BCUT2D eigenvalue weighted by atomic mass is 10.2. The first-order valence-corrected chi connectivity index (χ1v) is 9.55. The van der Waals surface area contributed by atoms with E-state index in [0.717, 1.165) is 10.6 Å². The average molecular weight is 402 g/mol. The average Bonchev–Trinajstić information content (AvgIpc) is 2.68. The van der Waals surface area contributed by atoms with Crippen molar-refractivity contribution in [3.05, 3.63) is 48.5 Å². The Kier molecular flexibility index (Phi) is 8.36. The number of thioether (sulfide) groups is 1. The zero-order valence-corrected chi connectivity index (χ0v) is 16.5. The summed E-state index contributed by atoms with van der Waals surface area (Å²) in [5.41, 5.74) is 1.17. The number of benzene rings is 2. The SMILES string of the molecule is COc1ccccc1SCCC(=O)OCC(=O)Nc1ccc(NC(C)=O)cc1. The van der Waals surface area contributed by atoms with Gasteiger partial charge in [-0.2, -0.15) is 0 Å². The lowest BCUT2D eigenvalue weighted by Crippen LogP contribution is -2.21. The molecule has 0 heterocycles. The van der Waals surface area contributed by atoms with Crippen LogP contribution in [-0.2, 0) is 19.1 Å². The largest absolute Gasteiger partial charge is 0.496 e. The Bertz CT molecular complexity index is 824. The summed E-state index contributed by atoms with van der Waals surface area (Å²) in [5, 5.41) is 5.26. The second-order valence-corrected chi connectivity index (χ2v) is 6.85. The fourth-order valence-electron chi connectivity index (χ4n) is 2.24. The fourth-order valence-corrected chi connectivity index (χ4v) is 3.19. The van der Waals surface area contributed by atoms with E-state index in [9.17, 15) is 14.4 Å². The number of esters is 1. The van der Waals surface area contributed by atoms with Crippen molar-refractivity contribution in [2.45, 2.75) is 18.2 Å². The molecule has 2 aromatic carbocycles. The van der Waals surface area contributed by atoms with Crippen molar-refractivity contribution in [2.75, 3.05) is 30.1 Å². The van der Waals surface area contributed by atoms with E-state index in [0.29, 0.717) is 17.1 Å². The number of anilines is 2. The minimum absolute atomic E-state index is 0.174. The third kappa shape index (κ3) is 7.32. The monoisotopic (exact) mass is 402 g/mol. The Morgan fingerprint density at radius 2 is 1.61 bits per heavy atom. The normalized spacial score (nSPS) is 10.1. The van der Waals surface area contributed by atoms with Crippen molar-refractivity contribution < 1.29 is 23.9 Å². The first-order valence-electron chi connectivity index (χ1n) is 8.57. The molecular formula is C20H22N2O5S. The third-order valence-corrected chi connectivity index (χ3v) is 4.54. The van der Waals surface area contributed by atoms with Crippen LogP contribution >= 0.6 is 11.8 Å².